The molecule has 2 amide bonds. The first-order valence-electron chi connectivity index (χ1n) is 8.86. The Bertz CT molecular complexity index is 805. The van der Waals surface area contributed by atoms with Gasteiger partial charge in [0.2, 0.25) is 11.8 Å². The number of halogens is 2. The topological polar surface area (TPSA) is 49.4 Å². The maximum Gasteiger partial charge on any atom is 0.242 e. The van der Waals surface area contributed by atoms with Crippen LogP contribution in [-0.4, -0.2) is 29.8 Å². The highest BCUT2D eigenvalue weighted by Gasteiger charge is 2.29. The van der Waals surface area contributed by atoms with Gasteiger partial charge < -0.3 is 10.2 Å². The fraction of sp³-hybridized carbons (Fsp3) is 0.333. The Morgan fingerprint density at radius 1 is 1.22 bits per heavy atom. The van der Waals surface area contributed by atoms with Gasteiger partial charge in [-0.3, -0.25) is 9.59 Å². The lowest BCUT2D eigenvalue weighted by Gasteiger charge is -2.30. The van der Waals surface area contributed by atoms with E-state index in [1.54, 1.807) is 6.07 Å². The van der Waals surface area contributed by atoms with Crippen molar-refractivity contribution in [1.82, 2.24) is 10.2 Å². The molecule has 6 heteroatoms. The summed E-state index contributed by atoms with van der Waals surface area (Å²) < 4.78 is 14.1. The summed E-state index contributed by atoms with van der Waals surface area (Å²) >= 11 is 6.07. The first-order valence-corrected chi connectivity index (χ1v) is 9.24. The minimum atomic E-state index is -0.645. The first kappa shape index (κ1) is 20.9. The number of nitrogens with one attached hydrogen (secondary N) is 1. The molecular formula is C21H24ClFN2O2. The molecule has 0 saturated heterocycles. The van der Waals surface area contributed by atoms with Crippen LogP contribution >= 0.6 is 11.6 Å². The van der Waals surface area contributed by atoms with Crippen LogP contribution in [0.5, 0.6) is 0 Å². The van der Waals surface area contributed by atoms with Crippen LogP contribution in [0.3, 0.4) is 0 Å². The van der Waals surface area contributed by atoms with Crippen molar-refractivity contribution in [2.45, 2.75) is 39.3 Å². The Hall–Kier alpha value is -2.40. The van der Waals surface area contributed by atoms with E-state index in [2.05, 4.69) is 5.32 Å². The van der Waals surface area contributed by atoms with Crippen molar-refractivity contribution in [2.24, 2.45) is 0 Å². The highest BCUT2D eigenvalue weighted by Crippen LogP contribution is 2.22. The van der Waals surface area contributed by atoms with Gasteiger partial charge in [-0.05, 0) is 31.0 Å². The highest BCUT2D eigenvalue weighted by atomic mass is 35.5. The Morgan fingerprint density at radius 3 is 2.52 bits per heavy atom. The van der Waals surface area contributed by atoms with Crippen molar-refractivity contribution in [1.29, 1.82) is 0 Å². The summed E-state index contributed by atoms with van der Waals surface area (Å²) in [7, 11) is 1.54. The van der Waals surface area contributed by atoms with Gasteiger partial charge in [0.25, 0.3) is 0 Å². The van der Waals surface area contributed by atoms with Gasteiger partial charge in [-0.15, -0.1) is 0 Å². The van der Waals surface area contributed by atoms with Gasteiger partial charge in [-0.2, -0.15) is 0 Å². The average molecular weight is 391 g/mol. The van der Waals surface area contributed by atoms with E-state index in [9.17, 15) is 14.0 Å². The van der Waals surface area contributed by atoms with Gasteiger partial charge in [-0.25, -0.2) is 4.39 Å². The van der Waals surface area contributed by atoms with Gasteiger partial charge in [0, 0.05) is 24.2 Å². The SMILES string of the molecule is CC[C@H](C(=O)NC)N(Cc1cccc(C)c1)C(=O)Cc1c(F)cccc1Cl. The zero-order valence-corrected chi connectivity index (χ0v) is 16.5. The molecule has 4 nitrogen and oxygen atoms in total. The number of benzene rings is 2. The number of carbonyl (C=O) groups is 2. The maximum atomic E-state index is 14.1. The van der Waals surface area contributed by atoms with Crippen molar-refractivity contribution >= 4 is 23.4 Å². The van der Waals surface area contributed by atoms with Crippen molar-refractivity contribution in [3.8, 4) is 0 Å². The lowest BCUT2D eigenvalue weighted by molar-refractivity contribution is -0.140. The second-order valence-corrected chi connectivity index (χ2v) is 6.83. The van der Waals surface area contributed by atoms with E-state index >= 15 is 0 Å². The highest BCUT2D eigenvalue weighted by molar-refractivity contribution is 6.31. The lowest BCUT2D eigenvalue weighted by atomic mass is 10.1. The van der Waals surface area contributed by atoms with Crippen molar-refractivity contribution in [3.05, 3.63) is 70.0 Å². The molecule has 0 aliphatic rings. The molecule has 1 N–H and O–H groups in total. The van der Waals surface area contributed by atoms with E-state index in [1.807, 2.05) is 38.1 Å². The molecule has 2 aromatic rings. The summed E-state index contributed by atoms with van der Waals surface area (Å²) in [6.45, 7) is 4.07. The number of likely N-dealkylation sites (N-methyl/N-ethyl adjacent to an activating group) is 1. The molecule has 2 aromatic carbocycles. The van der Waals surface area contributed by atoms with Crippen LogP contribution in [0.1, 0.15) is 30.0 Å². The fourth-order valence-corrected chi connectivity index (χ4v) is 3.28. The van der Waals surface area contributed by atoms with Crippen molar-refractivity contribution < 1.29 is 14.0 Å². The minimum Gasteiger partial charge on any atom is -0.357 e. The molecule has 0 aliphatic heterocycles. The van der Waals surface area contributed by atoms with Gasteiger partial charge in [0.1, 0.15) is 11.9 Å². The number of nitrogens with zero attached hydrogens (tertiary/aromatic N) is 1. The van der Waals surface area contributed by atoms with Crippen LogP contribution in [0.2, 0.25) is 5.02 Å². The van der Waals surface area contributed by atoms with Crippen molar-refractivity contribution in [3.63, 3.8) is 0 Å². The standard InChI is InChI=1S/C21H24ClFN2O2/c1-4-19(21(27)24-3)25(13-15-8-5-7-14(2)11-15)20(26)12-16-17(22)9-6-10-18(16)23/h5-11,19H,4,12-13H2,1-3H3,(H,24,27)/t19-/m1/s1. The van der Waals surface area contributed by atoms with Gasteiger partial charge in [0.05, 0.1) is 6.42 Å². The molecule has 27 heavy (non-hydrogen) atoms. The molecule has 0 heterocycles. The molecule has 0 spiro atoms. The van der Waals surface area contributed by atoms with Gasteiger partial charge >= 0.3 is 0 Å². The van der Waals surface area contributed by atoms with Gasteiger partial charge in [-0.1, -0.05) is 54.4 Å². The molecule has 1 atom stereocenters. The van der Waals surface area contributed by atoms with Crippen LogP contribution < -0.4 is 5.32 Å². The lowest BCUT2D eigenvalue weighted by Crippen LogP contribution is -2.48. The monoisotopic (exact) mass is 390 g/mol. The largest absolute Gasteiger partial charge is 0.357 e. The number of carbonyl (C=O) groups excluding carboxylic acids is 2. The van der Waals surface area contributed by atoms with Crippen LogP contribution in [-0.2, 0) is 22.6 Å². The normalized spacial score (nSPS) is 11.7. The summed E-state index contributed by atoms with van der Waals surface area (Å²) in [5.41, 5.74) is 2.11. The number of aryl methyl sites for hydroxylation is 1. The van der Waals surface area contributed by atoms with E-state index in [0.717, 1.165) is 11.1 Å². The zero-order valence-electron chi connectivity index (χ0n) is 15.8. The minimum absolute atomic E-state index is 0.144. The average Bonchev–Trinajstić information content (AvgIpc) is 2.64. The zero-order chi connectivity index (χ0) is 20.0. The van der Waals surface area contributed by atoms with E-state index in [1.165, 1.54) is 24.1 Å². The third-order valence-corrected chi connectivity index (χ3v) is 4.81. The molecule has 0 radical (unpaired) electrons. The predicted octanol–water partition coefficient (Wildman–Crippen LogP) is 3.88. The molecule has 0 bridgehead atoms. The summed E-state index contributed by atoms with van der Waals surface area (Å²) in [4.78, 5) is 26.9. The Balaban J connectivity index is 2.35. The van der Waals surface area contributed by atoms with Crippen molar-refractivity contribution in [2.75, 3.05) is 7.05 Å². The Kier molecular flexibility index (Phi) is 7.36. The second kappa shape index (κ2) is 9.51. The van der Waals surface area contributed by atoms with Crippen LogP contribution in [0.15, 0.2) is 42.5 Å². The maximum absolute atomic E-state index is 14.1. The molecular weight excluding hydrogens is 367 g/mol. The number of amides is 2. The summed E-state index contributed by atoms with van der Waals surface area (Å²) in [6.07, 6.45) is 0.243. The third-order valence-electron chi connectivity index (χ3n) is 4.46. The predicted molar refractivity (Wildman–Crippen MR) is 105 cm³/mol. The van der Waals surface area contributed by atoms with E-state index in [4.69, 9.17) is 11.6 Å². The molecule has 0 saturated carbocycles. The molecule has 0 unspecified atom stereocenters. The number of rotatable bonds is 7. The van der Waals surface area contributed by atoms with E-state index < -0.39 is 11.9 Å². The Morgan fingerprint density at radius 2 is 1.93 bits per heavy atom. The summed E-state index contributed by atoms with van der Waals surface area (Å²) in [5, 5.41) is 2.80. The van der Waals surface area contributed by atoms with E-state index in [0.29, 0.717) is 6.42 Å². The molecule has 0 aliphatic carbocycles. The molecule has 0 fully saturated rings. The summed E-state index contributed by atoms with van der Waals surface area (Å²) in [5.74, 6) is -1.13. The van der Waals surface area contributed by atoms with Crippen LogP contribution in [0.4, 0.5) is 4.39 Å². The second-order valence-electron chi connectivity index (χ2n) is 6.43. The molecule has 2 rings (SSSR count). The number of hydrogen-bond acceptors (Lipinski definition) is 2. The quantitative estimate of drug-likeness (QED) is 0.779. The fourth-order valence-electron chi connectivity index (χ4n) is 3.05. The van der Waals surface area contributed by atoms with Gasteiger partial charge in [0.15, 0.2) is 0 Å². The van der Waals surface area contributed by atoms with Crippen LogP contribution in [0, 0.1) is 12.7 Å². The first-order chi connectivity index (χ1) is 12.9. The Labute approximate surface area is 164 Å². The third kappa shape index (κ3) is 5.30. The number of hydrogen-bond donors (Lipinski definition) is 1. The van der Waals surface area contributed by atoms with E-state index in [-0.39, 0.29) is 35.4 Å². The molecule has 144 valence electrons. The molecule has 0 aromatic heterocycles. The van der Waals surface area contributed by atoms with Crippen LogP contribution in [0.25, 0.3) is 0 Å². The smallest absolute Gasteiger partial charge is 0.242 e. The summed E-state index contributed by atoms with van der Waals surface area (Å²) in [6, 6.07) is 11.4.